The Kier molecular flexibility index (Phi) is 3.34. The molecule has 0 aliphatic heterocycles. The second kappa shape index (κ2) is 4.44. The summed E-state index contributed by atoms with van der Waals surface area (Å²) in [4.78, 5) is 1.13. The lowest BCUT2D eigenvalue weighted by Gasteiger charge is -2.33. The molecule has 6 heteroatoms. The summed E-state index contributed by atoms with van der Waals surface area (Å²) in [6.07, 6.45) is 3.06. The van der Waals surface area contributed by atoms with Crippen molar-refractivity contribution >= 4 is 21.4 Å². The molecule has 1 heterocycles. The maximum absolute atomic E-state index is 12.3. The molecule has 1 aliphatic carbocycles. The number of rotatable bonds is 4. The smallest absolute Gasteiger partial charge is 0.244 e. The molecule has 0 saturated heterocycles. The standard InChI is InChI=1S/C10H16N2O2S2/c1-12(8-3-2-4-8)16(13,14)10-5-6-15-9(10)7-11/h5-6,8H,2-4,7,11H2,1H3. The van der Waals surface area contributed by atoms with Gasteiger partial charge in [0.1, 0.15) is 0 Å². The summed E-state index contributed by atoms with van der Waals surface area (Å²) in [5.74, 6) is 0. The largest absolute Gasteiger partial charge is 0.326 e. The highest BCUT2D eigenvalue weighted by atomic mass is 32.2. The first-order valence-corrected chi connectivity index (χ1v) is 7.64. The van der Waals surface area contributed by atoms with Crippen LogP contribution in [0.3, 0.4) is 0 Å². The van der Waals surface area contributed by atoms with Gasteiger partial charge in [-0.2, -0.15) is 4.31 Å². The Labute approximate surface area is 100 Å². The minimum Gasteiger partial charge on any atom is -0.326 e. The van der Waals surface area contributed by atoms with E-state index < -0.39 is 10.0 Å². The van der Waals surface area contributed by atoms with Gasteiger partial charge in [0.25, 0.3) is 0 Å². The molecule has 1 saturated carbocycles. The Bertz CT molecular complexity index is 463. The van der Waals surface area contributed by atoms with Gasteiger partial charge in [-0.3, -0.25) is 0 Å². The molecule has 0 spiro atoms. The summed E-state index contributed by atoms with van der Waals surface area (Å²) >= 11 is 1.40. The second-order valence-electron chi connectivity index (χ2n) is 4.02. The average molecular weight is 260 g/mol. The first-order chi connectivity index (χ1) is 7.57. The SMILES string of the molecule is CN(C1CCC1)S(=O)(=O)c1ccsc1CN. The van der Waals surface area contributed by atoms with E-state index in [1.54, 1.807) is 18.5 Å². The number of thiophene rings is 1. The first kappa shape index (κ1) is 12.0. The van der Waals surface area contributed by atoms with E-state index in [4.69, 9.17) is 5.73 Å². The molecule has 90 valence electrons. The maximum atomic E-state index is 12.3. The molecule has 0 amide bonds. The van der Waals surface area contributed by atoms with Crippen LogP contribution in [-0.4, -0.2) is 25.8 Å². The number of nitrogens with zero attached hydrogens (tertiary/aromatic N) is 1. The van der Waals surface area contributed by atoms with Gasteiger partial charge in [0.05, 0.1) is 4.90 Å². The summed E-state index contributed by atoms with van der Waals surface area (Å²) in [6, 6.07) is 1.83. The summed E-state index contributed by atoms with van der Waals surface area (Å²) in [5.41, 5.74) is 5.54. The van der Waals surface area contributed by atoms with Crippen LogP contribution in [0.4, 0.5) is 0 Å². The Morgan fingerprint density at radius 1 is 1.56 bits per heavy atom. The molecule has 1 fully saturated rings. The third-order valence-electron chi connectivity index (χ3n) is 3.14. The zero-order valence-corrected chi connectivity index (χ0v) is 10.9. The predicted octanol–water partition coefficient (Wildman–Crippen LogP) is 1.38. The molecular formula is C10H16N2O2S2. The van der Waals surface area contributed by atoms with Gasteiger partial charge in [0.15, 0.2) is 0 Å². The van der Waals surface area contributed by atoms with Crippen LogP contribution < -0.4 is 5.73 Å². The molecule has 1 aromatic heterocycles. The third-order valence-corrected chi connectivity index (χ3v) is 6.20. The van der Waals surface area contributed by atoms with E-state index >= 15 is 0 Å². The second-order valence-corrected chi connectivity index (χ2v) is 6.98. The lowest BCUT2D eigenvalue weighted by Crippen LogP contribution is -2.41. The van der Waals surface area contributed by atoms with E-state index in [-0.39, 0.29) is 12.6 Å². The van der Waals surface area contributed by atoms with Gasteiger partial charge >= 0.3 is 0 Å². The van der Waals surface area contributed by atoms with Crippen molar-refractivity contribution in [3.63, 3.8) is 0 Å². The van der Waals surface area contributed by atoms with Crippen molar-refractivity contribution in [2.45, 2.75) is 36.7 Å². The summed E-state index contributed by atoms with van der Waals surface area (Å²) in [5, 5.41) is 1.78. The van der Waals surface area contributed by atoms with E-state index in [1.165, 1.54) is 15.6 Å². The van der Waals surface area contributed by atoms with Crippen LogP contribution in [0.5, 0.6) is 0 Å². The van der Waals surface area contributed by atoms with E-state index in [9.17, 15) is 8.42 Å². The molecule has 1 aliphatic rings. The lowest BCUT2D eigenvalue weighted by molar-refractivity contribution is 0.249. The van der Waals surface area contributed by atoms with Gasteiger partial charge in [-0.15, -0.1) is 11.3 Å². The fraction of sp³-hybridized carbons (Fsp3) is 0.600. The molecule has 16 heavy (non-hydrogen) atoms. The minimum atomic E-state index is -3.33. The monoisotopic (exact) mass is 260 g/mol. The van der Waals surface area contributed by atoms with Gasteiger partial charge < -0.3 is 5.73 Å². The quantitative estimate of drug-likeness (QED) is 0.889. The van der Waals surface area contributed by atoms with Crippen LogP contribution in [0.2, 0.25) is 0 Å². The van der Waals surface area contributed by atoms with Crippen molar-refractivity contribution in [1.29, 1.82) is 0 Å². The molecule has 2 rings (SSSR count). The van der Waals surface area contributed by atoms with Crippen molar-refractivity contribution in [2.75, 3.05) is 7.05 Å². The van der Waals surface area contributed by atoms with E-state index in [1.807, 2.05) is 0 Å². The molecule has 0 aromatic carbocycles. The van der Waals surface area contributed by atoms with E-state index in [2.05, 4.69) is 0 Å². The van der Waals surface area contributed by atoms with Crippen LogP contribution in [0, 0.1) is 0 Å². The molecule has 1 aromatic rings. The highest BCUT2D eigenvalue weighted by molar-refractivity contribution is 7.89. The van der Waals surface area contributed by atoms with Gasteiger partial charge in [-0.05, 0) is 24.3 Å². The third kappa shape index (κ3) is 1.90. The zero-order chi connectivity index (χ0) is 11.8. The zero-order valence-electron chi connectivity index (χ0n) is 9.22. The van der Waals surface area contributed by atoms with E-state index in [0.29, 0.717) is 4.90 Å². The van der Waals surface area contributed by atoms with Gasteiger partial charge in [-0.1, -0.05) is 6.42 Å². The number of nitrogens with two attached hydrogens (primary N) is 1. The fourth-order valence-corrected chi connectivity index (χ4v) is 4.53. The normalized spacial score (nSPS) is 17.7. The Balaban J connectivity index is 2.30. The minimum absolute atomic E-state index is 0.176. The molecule has 0 bridgehead atoms. The fourth-order valence-electron chi connectivity index (χ4n) is 1.81. The van der Waals surface area contributed by atoms with Crippen molar-refractivity contribution < 1.29 is 8.42 Å². The van der Waals surface area contributed by atoms with Crippen molar-refractivity contribution in [3.05, 3.63) is 16.3 Å². The summed E-state index contributed by atoms with van der Waals surface area (Å²) in [7, 11) is -1.67. The number of hydrogen-bond donors (Lipinski definition) is 1. The van der Waals surface area contributed by atoms with Crippen LogP contribution in [0.15, 0.2) is 16.3 Å². The Hall–Kier alpha value is -0.430. The molecule has 0 unspecified atom stereocenters. The van der Waals surface area contributed by atoms with Crippen LogP contribution >= 0.6 is 11.3 Å². The van der Waals surface area contributed by atoms with Crippen LogP contribution in [0.25, 0.3) is 0 Å². The number of hydrogen-bond acceptors (Lipinski definition) is 4. The number of sulfonamides is 1. The molecular weight excluding hydrogens is 244 g/mol. The highest BCUT2D eigenvalue weighted by Gasteiger charge is 2.33. The summed E-state index contributed by atoms with van der Waals surface area (Å²) < 4.78 is 26.1. The first-order valence-electron chi connectivity index (χ1n) is 5.32. The van der Waals surface area contributed by atoms with Crippen molar-refractivity contribution in [2.24, 2.45) is 5.73 Å². The van der Waals surface area contributed by atoms with Gasteiger partial charge in [0.2, 0.25) is 10.0 Å². The molecule has 2 N–H and O–H groups in total. The van der Waals surface area contributed by atoms with Crippen LogP contribution in [-0.2, 0) is 16.6 Å². The lowest BCUT2D eigenvalue weighted by atomic mass is 9.94. The summed E-state index contributed by atoms with van der Waals surface area (Å²) in [6.45, 7) is 0.282. The van der Waals surface area contributed by atoms with Crippen molar-refractivity contribution in [1.82, 2.24) is 4.31 Å². The Morgan fingerprint density at radius 3 is 2.75 bits per heavy atom. The Morgan fingerprint density at radius 2 is 2.25 bits per heavy atom. The maximum Gasteiger partial charge on any atom is 0.244 e. The predicted molar refractivity (Wildman–Crippen MR) is 64.8 cm³/mol. The van der Waals surface area contributed by atoms with Gasteiger partial charge in [-0.25, -0.2) is 8.42 Å². The molecule has 4 nitrogen and oxygen atoms in total. The highest BCUT2D eigenvalue weighted by Crippen LogP contribution is 2.31. The average Bonchev–Trinajstić information content (AvgIpc) is 2.62. The van der Waals surface area contributed by atoms with Crippen molar-refractivity contribution in [3.8, 4) is 0 Å². The molecule has 0 atom stereocenters. The van der Waals surface area contributed by atoms with Crippen LogP contribution in [0.1, 0.15) is 24.1 Å². The van der Waals surface area contributed by atoms with Gasteiger partial charge in [0, 0.05) is 24.5 Å². The van der Waals surface area contributed by atoms with E-state index in [0.717, 1.165) is 24.1 Å². The molecule has 0 radical (unpaired) electrons. The topological polar surface area (TPSA) is 63.4 Å².